The number of aliphatic hydroxyl groups is 1. The maximum absolute atomic E-state index is 14.8. The Hall–Kier alpha value is -3.43. The molecular weight excluding hydrogens is 504 g/mol. The molecule has 6 rings (SSSR count). The summed E-state index contributed by atoms with van der Waals surface area (Å²) in [6, 6.07) is 12.9. The largest absolute Gasteiger partial charge is 0.486 e. The fourth-order valence-corrected chi connectivity index (χ4v) is 5.91. The molecule has 3 atom stereocenters. The number of rotatable bonds is 7. The number of benzene rings is 3. The van der Waals surface area contributed by atoms with Crippen molar-refractivity contribution in [2.24, 2.45) is 5.92 Å². The third-order valence-electron chi connectivity index (χ3n) is 8.03. The maximum Gasteiger partial charge on any atom is 0.225 e. The number of nitrogens with zero attached hydrogens (tertiary/aromatic N) is 2. The molecule has 1 amide bonds. The number of hydrogen-bond acceptors (Lipinski definition) is 6. The lowest BCUT2D eigenvalue weighted by molar-refractivity contribution is -0.126. The fourth-order valence-electron chi connectivity index (χ4n) is 5.91. The van der Waals surface area contributed by atoms with Gasteiger partial charge >= 0.3 is 0 Å². The average Bonchev–Trinajstić information content (AvgIpc) is 3.65. The van der Waals surface area contributed by atoms with Crippen LogP contribution >= 0.6 is 0 Å². The molecule has 9 heteroatoms. The molecule has 0 spiro atoms. The SMILES string of the molecule is O=C(N[C@H](CN1CCCC1)[C@H](O)c1cc(F)c2c(c1)OCCO2)C1CCN(c2ccc3cc(F)ccc3c2)C1. The monoisotopic (exact) mass is 537 g/mol. The molecule has 0 bridgehead atoms. The molecule has 3 heterocycles. The molecule has 3 aliphatic rings. The number of amides is 1. The fraction of sp³-hybridized carbons (Fsp3) is 0.433. The summed E-state index contributed by atoms with van der Waals surface area (Å²) in [7, 11) is 0. The topological polar surface area (TPSA) is 74.3 Å². The number of likely N-dealkylation sites (tertiary alicyclic amines) is 1. The van der Waals surface area contributed by atoms with Gasteiger partial charge in [0.1, 0.15) is 25.1 Å². The van der Waals surface area contributed by atoms with Crippen LogP contribution in [0.2, 0.25) is 0 Å². The number of aliphatic hydroxyl groups excluding tert-OH is 1. The highest BCUT2D eigenvalue weighted by Crippen LogP contribution is 2.37. The molecule has 206 valence electrons. The highest BCUT2D eigenvalue weighted by Gasteiger charge is 2.34. The molecule has 0 saturated carbocycles. The Bertz CT molecular complexity index is 1360. The first-order valence-corrected chi connectivity index (χ1v) is 13.7. The maximum atomic E-state index is 14.8. The molecule has 2 N–H and O–H groups in total. The summed E-state index contributed by atoms with van der Waals surface area (Å²) in [4.78, 5) is 17.8. The van der Waals surface area contributed by atoms with Gasteiger partial charge in [-0.3, -0.25) is 4.79 Å². The number of halogens is 2. The second kappa shape index (κ2) is 11.0. The van der Waals surface area contributed by atoms with Crippen molar-refractivity contribution in [1.82, 2.24) is 10.2 Å². The van der Waals surface area contributed by atoms with Gasteiger partial charge in [0.2, 0.25) is 5.91 Å². The zero-order valence-electron chi connectivity index (χ0n) is 21.7. The van der Waals surface area contributed by atoms with Gasteiger partial charge in [-0.15, -0.1) is 0 Å². The minimum Gasteiger partial charge on any atom is -0.486 e. The van der Waals surface area contributed by atoms with Crippen molar-refractivity contribution in [3.8, 4) is 11.5 Å². The Balaban J connectivity index is 1.17. The normalized spacial score (nSPS) is 20.8. The van der Waals surface area contributed by atoms with Crippen LogP contribution in [0.1, 0.15) is 30.9 Å². The van der Waals surface area contributed by atoms with Gasteiger partial charge in [-0.1, -0.05) is 12.1 Å². The first-order chi connectivity index (χ1) is 18.9. The molecule has 2 saturated heterocycles. The number of carbonyl (C=O) groups excluding carboxylic acids is 1. The first kappa shape index (κ1) is 25.8. The number of ether oxygens (including phenoxy) is 2. The van der Waals surface area contributed by atoms with Crippen molar-refractivity contribution in [2.75, 3.05) is 50.8 Å². The number of anilines is 1. The highest BCUT2D eigenvalue weighted by molar-refractivity contribution is 5.86. The Labute approximate surface area is 226 Å². The zero-order chi connectivity index (χ0) is 26.9. The first-order valence-electron chi connectivity index (χ1n) is 13.7. The summed E-state index contributed by atoms with van der Waals surface area (Å²) in [6.07, 6.45) is 1.72. The van der Waals surface area contributed by atoms with Crippen LogP contribution < -0.4 is 19.7 Å². The Kier molecular flexibility index (Phi) is 7.27. The Morgan fingerprint density at radius 3 is 2.62 bits per heavy atom. The van der Waals surface area contributed by atoms with Crippen LogP contribution in [0.4, 0.5) is 14.5 Å². The van der Waals surface area contributed by atoms with E-state index in [4.69, 9.17) is 9.47 Å². The van der Waals surface area contributed by atoms with E-state index in [0.717, 1.165) is 48.9 Å². The van der Waals surface area contributed by atoms with Crippen LogP contribution in [0.15, 0.2) is 48.5 Å². The second-order valence-corrected chi connectivity index (χ2v) is 10.7. The van der Waals surface area contributed by atoms with Crippen molar-refractivity contribution >= 4 is 22.4 Å². The summed E-state index contributed by atoms with van der Waals surface area (Å²) < 4.78 is 39.3. The minimum atomic E-state index is -1.11. The molecule has 2 fully saturated rings. The van der Waals surface area contributed by atoms with Gasteiger partial charge in [0.05, 0.1) is 12.0 Å². The van der Waals surface area contributed by atoms with Crippen molar-refractivity contribution in [1.29, 1.82) is 0 Å². The molecule has 39 heavy (non-hydrogen) atoms. The minimum absolute atomic E-state index is 0.0576. The molecule has 0 radical (unpaired) electrons. The number of nitrogens with one attached hydrogen (secondary N) is 1. The van der Waals surface area contributed by atoms with Crippen LogP contribution in [-0.2, 0) is 4.79 Å². The molecule has 7 nitrogen and oxygen atoms in total. The summed E-state index contributed by atoms with van der Waals surface area (Å²) in [5.74, 6) is -0.899. The third kappa shape index (κ3) is 5.51. The van der Waals surface area contributed by atoms with Crippen LogP contribution in [-0.4, -0.2) is 67.9 Å². The molecular formula is C30H33F2N3O4. The summed E-state index contributed by atoms with van der Waals surface area (Å²) in [5, 5.41) is 16.2. The van der Waals surface area contributed by atoms with E-state index in [1.165, 1.54) is 18.2 Å². The van der Waals surface area contributed by atoms with Gasteiger partial charge in [-0.2, -0.15) is 0 Å². The standard InChI is InChI=1S/C30H33F2N3O4/c31-23-5-3-20-14-24(6-4-19(20)13-23)35-10-7-21(17-35)30(37)33-26(18-34-8-1-2-9-34)28(36)22-15-25(32)29-27(16-22)38-11-12-39-29/h3-6,13-16,21,26,28,36H,1-2,7-12,17-18H2,(H,33,37)/t21?,26-,28-/m1/s1. The molecule has 3 aliphatic heterocycles. The third-order valence-corrected chi connectivity index (χ3v) is 8.03. The van der Waals surface area contributed by atoms with Crippen LogP contribution in [0.3, 0.4) is 0 Å². The summed E-state index contributed by atoms with van der Waals surface area (Å²) in [6.45, 7) is 4.12. The predicted octanol–water partition coefficient (Wildman–Crippen LogP) is 4.03. The lowest BCUT2D eigenvalue weighted by Gasteiger charge is -2.30. The Morgan fingerprint density at radius 1 is 1.00 bits per heavy atom. The molecule has 3 aromatic rings. The lowest BCUT2D eigenvalue weighted by atomic mass is 9.99. The van der Waals surface area contributed by atoms with Crippen molar-refractivity contribution in [3.05, 3.63) is 65.7 Å². The zero-order valence-corrected chi connectivity index (χ0v) is 21.7. The van der Waals surface area contributed by atoms with Crippen LogP contribution in [0, 0.1) is 17.6 Å². The predicted molar refractivity (Wildman–Crippen MR) is 144 cm³/mol. The number of hydrogen-bond donors (Lipinski definition) is 2. The van der Waals surface area contributed by atoms with E-state index in [0.29, 0.717) is 31.7 Å². The van der Waals surface area contributed by atoms with Crippen molar-refractivity contribution in [3.63, 3.8) is 0 Å². The summed E-state index contributed by atoms with van der Waals surface area (Å²) >= 11 is 0. The van der Waals surface area contributed by atoms with E-state index in [1.54, 1.807) is 12.1 Å². The number of carbonyl (C=O) groups is 1. The van der Waals surface area contributed by atoms with Crippen LogP contribution in [0.25, 0.3) is 10.8 Å². The van der Waals surface area contributed by atoms with Crippen molar-refractivity contribution in [2.45, 2.75) is 31.4 Å². The van der Waals surface area contributed by atoms with E-state index >= 15 is 0 Å². The van der Waals surface area contributed by atoms with E-state index in [9.17, 15) is 18.7 Å². The Morgan fingerprint density at radius 2 is 1.77 bits per heavy atom. The van der Waals surface area contributed by atoms with E-state index < -0.39 is 18.0 Å². The molecule has 1 unspecified atom stereocenters. The van der Waals surface area contributed by atoms with Gasteiger partial charge in [0.15, 0.2) is 17.3 Å². The van der Waals surface area contributed by atoms with Gasteiger partial charge in [0, 0.05) is 25.3 Å². The van der Waals surface area contributed by atoms with Gasteiger partial charge in [-0.25, -0.2) is 8.78 Å². The van der Waals surface area contributed by atoms with E-state index in [1.807, 2.05) is 18.2 Å². The lowest BCUT2D eigenvalue weighted by Crippen LogP contribution is -2.48. The second-order valence-electron chi connectivity index (χ2n) is 10.7. The number of fused-ring (bicyclic) bond motifs is 2. The van der Waals surface area contributed by atoms with Crippen LogP contribution in [0.5, 0.6) is 11.5 Å². The van der Waals surface area contributed by atoms with Gasteiger partial charge in [-0.05, 0) is 85.1 Å². The quantitative estimate of drug-likeness (QED) is 0.474. The molecule has 0 aliphatic carbocycles. The summed E-state index contributed by atoms with van der Waals surface area (Å²) in [5.41, 5.74) is 1.34. The average molecular weight is 538 g/mol. The molecule has 3 aromatic carbocycles. The molecule has 0 aromatic heterocycles. The smallest absolute Gasteiger partial charge is 0.225 e. The van der Waals surface area contributed by atoms with Gasteiger partial charge in [0.25, 0.3) is 0 Å². The van der Waals surface area contributed by atoms with Gasteiger partial charge < -0.3 is 29.7 Å². The van der Waals surface area contributed by atoms with Crippen molar-refractivity contribution < 1.29 is 28.2 Å². The van der Waals surface area contributed by atoms with E-state index in [2.05, 4.69) is 15.1 Å². The highest BCUT2D eigenvalue weighted by atomic mass is 19.1. The van der Waals surface area contributed by atoms with E-state index in [-0.39, 0.29) is 35.7 Å².